The van der Waals surface area contributed by atoms with Crippen LogP contribution in [0.3, 0.4) is 0 Å². The van der Waals surface area contributed by atoms with Crippen molar-refractivity contribution in [3.8, 4) is 0 Å². The molecule has 2 aromatic carbocycles. The Kier molecular flexibility index (Phi) is 4.36. The van der Waals surface area contributed by atoms with E-state index < -0.39 is 28.8 Å². The largest absolute Gasteiger partial charge is 0.416 e. The molecule has 0 radical (unpaired) electrons. The Morgan fingerprint density at radius 1 is 0.958 bits per heavy atom. The van der Waals surface area contributed by atoms with E-state index in [0.29, 0.717) is 0 Å². The van der Waals surface area contributed by atoms with Crippen LogP contribution in [-0.2, 0) is 15.8 Å². The molecule has 0 aromatic heterocycles. The average molecular weight is 351 g/mol. The van der Waals surface area contributed by atoms with Crippen LogP contribution < -0.4 is 4.90 Å². The number of thioether (sulfide) groups is 1. The van der Waals surface area contributed by atoms with Gasteiger partial charge in [0.25, 0.3) is 5.91 Å². The van der Waals surface area contributed by atoms with Crippen molar-refractivity contribution in [3.63, 3.8) is 0 Å². The average Bonchev–Trinajstić information content (AvgIpc) is 2.55. The highest BCUT2D eigenvalue weighted by Gasteiger charge is 2.37. The second-order valence-electron chi connectivity index (χ2n) is 5.21. The topological polar surface area (TPSA) is 37.4 Å². The van der Waals surface area contributed by atoms with Crippen molar-refractivity contribution in [3.05, 3.63) is 65.7 Å². The van der Waals surface area contributed by atoms with E-state index in [9.17, 15) is 22.8 Å². The van der Waals surface area contributed by atoms with E-state index in [1.807, 2.05) is 6.07 Å². The molecule has 1 aliphatic rings. The lowest BCUT2D eigenvalue weighted by Crippen LogP contribution is -2.44. The van der Waals surface area contributed by atoms with Gasteiger partial charge >= 0.3 is 6.18 Å². The summed E-state index contributed by atoms with van der Waals surface area (Å²) in [6.07, 6.45) is -4.46. The third-order valence-corrected chi connectivity index (χ3v) is 4.84. The van der Waals surface area contributed by atoms with Crippen LogP contribution in [0.25, 0.3) is 0 Å². The molecule has 7 heteroatoms. The lowest BCUT2D eigenvalue weighted by molar-refractivity contribution is -0.137. The number of rotatable bonds is 2. The van der Waals surface area contributed by atoms with Crippen molar-refractivity contribution in [2.24, 2.45) is 0 Å². The number of hydrogen-bond acceptors (Lipinski definition) is 3. The van der Waals surface area contributed by atoms with E-state index in [4.69, 9.17) is 0 Å². The van der Waals surface area contributed by atoms with Crippen molar-refractivity contribution in [2.75, 3.05) is 10.7 Å². The molecule has 0 aliphatic carbocycles. The summed E-state index contributed by atoms with van der Waals surface area (Å²) in [6.45, 7) is 0. The number of anilines is 1. The number of carbonyl (C=O) groups is 2. The number of nitrogens with zero attached hydrogens (tertiary/aromatic N) is 1. The summed E-state index contributed by atoms with van der Waals surface area (Å²) in [6, 6.07) is 13.0. The Morgan fingerprint density at radius 2 is 1.58 bits per heavy atom. The van der Waals surface area contributed by atoms with Crippen molar-refractivity contribution >= 4 is 29.3 Å². The van der Waals surface area contributed by atoms with Crippen molar-refractivity contribution in [1.29, 1.82) is 0 Å². The number of hydrogen-bond donors (Lipinski definition) is 0. The number of carbonyl (C=O) groups excluding carboxylic acids is 2. The molecule has 1 fully saturated rings. The molecule has 24 heavy (non-hydrogen) atoms. The van der Waals surface area contributed by atoms with Crippen LogP contribution in [0.5, 0.6) is 0 Å². The van der Waals surface area contributed by atoms with Crippen LogP contribution in [0.1, 0.15) is 16.4 Å². The lowest BCUT2D eigenvalue weighted by Gasteiger charge is -2.30. The molecule has 1 saturated heterocycles. The van der Waals surface area contributed by atoms with E-state index in [1.54, 1.807) is 24.3 Å². The molecule has 0 saturated carbocycles. The first kappa shape index (κ1) is 16.6. The molecule has 1 heterocycles. The summed E-state index contributed by atoms with van der Waals surface area (Å²) in [5.74, 6) is -0.786. The van der Waals surface area contributed by atoms with Crippen LogP contribution in [0.15, 0.2) is 54.6 Å². The van der Waals surface area contributed by atoms with Gasteiger partial charge in [-0.3, -0.25) is 9.59 Å². The standard InChI is InChI=1S/C17H12F3NO2S/c18-17(19,20)12-6-8-13(9-7-12)21-14(22)10-24-15(16(21)23)11-4-2-1-3-5-11/h1-9,15H,10H2/t15-/m0/s1. The van der Waals surface area contributed by atoms with Gasteiger partial charge in [-0.2, -0.15) is 13.2 Å². The maximum absolute atomic E-state index is 12.7. The van der Waals surface area contributed by atoms with Crippen molar-refractivity contribution in [2.45, 2.75) is 11.4 Å². The van der Waals surface area contributed by atoms with Gasteiger partial charge in [-0.25, -0.2) is 4.90 Å². The van der Waals surface area contributed by atoms with Crippen LogP contribution in [0, 0.1) is 0 Å². The fraction of sp³-hybridized carbons (Fsp3) is 0.176. The second-order valence-corrected chi connectivity index (χ2v) is 6.31. The Bertz CT molecular complexity index is 760. The first-order chi connectivity index (χ1) is 11.4. The molecule has 3 nitrogen and oxygen atoms in total. The highest BCUT2D eigenvalue weighted by molar-refractivity contribution is 8.01. The van der Waals surface area contributed by atoms with Crippen LogP contribution in [-0.4, -0.2) is 17.6 Å². The molecule has 3 rings (SSSR count). The van der Waals surface area contributed by atoms with E-state index in [1.165, 1.54) is 11.8 Å². The van der Waals surface area contributed by atoms with Crippen molar-refractivity contribution in [1.82, 2.24) is 0 Å². The quantitative estimate of drug-likeness (QED) is 0.766. The van der Waals surface area contributed by atoms with Gasteiger partial charge in [-0.15, -0.1) is 11.8 Å². The maximum Gasteiger partial charge on any atom is 0.416 e. The van der Waals surface area contributed by atoms with Gasteiger partial charge in [0.1, 0.15) is 5.25 Å². The highest BCUT2D eigenvalue weighted by Crippen LogP contribution is 2.37. The van der Waals surface area contributed by atoms with E-state index >= 15 is 0 Å². The smallest absolute Gasteiger partial charge is 0.273 e. The zero-order chi connectivity index (χ0) is 17.3. The van der Waals surface area contributed by atoms with Crippen molar-refractivity contribution < 1.29 is 22.8 Å². The number of imide groups is 1. The third-order valence-electron chi connectivity index (χ3n) is 3.62. The molecule has 0 spiro atoms. The van der Waals surface area contributed by atoms with Gasteiger partial charge in [-0.05, 0) is 29.8 Å². The molecule has 124 valence electrons. The van der Waals surface area contributed by atoms with Gasteiger partial charge in [0.15, 0.2) is 0 Å². The Labute approximate surface area is 140 Å². The van der Waals surface area contributed by atoms with Crippen LogP contribution in [0.2, 0.25) is 0 Å². The molecule has 0 N–H and O–H groups in total. The summed E-state index contributed by atoms with van der Waals surface area (Å²) < 4.78 is 37.9. The molecule has 1 atom stereocenters. The summed E-state index contributed by atoms with van der Waals surface area (Å²) >= 11 is 1.22. The molecule has 0 bridgehead atoms. The number of halogens is 3. The van der Waals surface area contributed by atoms with Gasteiger partial charge in [0.2, 0.25) is 5.91 Å². The minimum Gasteiger partial charge on any atom is -0.273 e. The fourth-order valence-corrected chi connectivity index (χ4v) is 3.50. The molecule has 2 aromatic rings. The zero-order valence-electron chi connectivity index (χ0n) is 12.3. The summed E-state index contributed by atoms with van der Waals surface area (Å²) in [5, 5.41) is -0.550. The van der Waals surface area contributed by atoms with E-state index in [-0.39, 0.29) is 11.4 Å². The summed E-state index contributed by atoms with van der Waals surface area (Å²) in [5.41, 5.74) is 0.0910. The second kappa shape index (κ2) is 6.32. The van der Waals surface area contributed by atoms with Gasteiger partial charge < -0.3 is 0 Å². The molecule has 2 amide bonds. The summed E-state index contributed by atoms with van der Waals surface area (Å²) in [4.78, 5) is 25.8. The van der Waals surface area contributed by atoms with E-state index in [0.717, 1.165) is 34.7 Å². The van der Waals surface area contributed by atoms with Gasteiger partial charge in [0, 0.05) is 0 Å². The zero-order valence-corrected chi connectivity index (χ0v) is 13.1. The predicted octanol–water partition coefficient (Wildman–Crippen LogP) is 4.05. The van der Waals surface area contributed by atoms with Crippen LogP contribution in [0.4, 0.5) is 18.9 Å². The normalized spacial score (nSPS) is 18.8. The predicted molar refractivity (Wildman–Crippen MR) is 85.6 cm³/mol. The Balaban J connectivity index is 1.91. The number of benzene rings is 2. The molecule has 1 aliphatic heterocycles. The minimum atomic E-state index is -4.46. The molecular formula is C17H12F3NO2S. The fourth-order valence-electron chi connectivity index (χ4n) is 2.47. The molecule has 0 unspecified atom stereocenters. The first-order valence-corrected chi connectivity index (χ1v) is 8.13. The Morgan fingerprint density at radius 3 is 2.17 bits per heavy atom. The number of amides is 2. The van der Waals surface area contributed by atoms with Crippen LogP contribution >= 0.6 is 11.8 Å². The first-order valence-electron chi connectivity index (χ1n) is 7.08. The number of alkyl halides is 3. The highest BCUT2D eigenvalue weighted by atomic mass is 32.2. The van der Waals surface area contributed by atoms with Gasteiger partial charge in [0.05, 0.1) is 17.0 Å². The lowest BCUT2D eigenvalue weighted by atomic mass is 10.1. The Hall–Kier alpha value is -2.28. The summed E-state index contributed by atoms with van der Waals surface area (Å²) in [7, 11) is 0. The molecular weight excluding hydrogens is 339 g/mol. The maximum atomic E-state index is 12.7. The van der Waals surface area contributed by atoms with E-state index in [2.05, 4.69) is 0 Å². The minimum absolute atomic E-state index is 0.0896. The SMILES string of the molecule is O=C1CS[C@@H](c2ccccc2)C(=O)N1c1ccc(C(F)(F)F)cc1. The third kappa shape index (κ3) is 3.17. The van der Waals surface area contributed by atoms with Gasteiger partial charge in [-0.1, -0.05) is 30.3 Å². The monoisotopic (exact) mass is 351 g/mol.